The van der Waals surface area contributed by atoms with E-state index < -0.39 is 10.9 Å². The highest BCUT2D eigenvalue weighted by molar-refractivity contribution is 6.14. The number of nitro groups is 1. The van der Waals surface area contributed by atoms with Crippen LogP contribution in [0, 0.1) is 10.1 Å². The summed E-state index contributed by atoms with van der Waals surface area (Å²) in [5.74, 6) is 0.0244. The second-order valence-electron chi connectivity index (χ2n) is 6.57. The minimum absolute atomic E-state index is 0.0202. The number of ether oxygens (including phenoxy) is 3. The molecule has 0 N–H and O–H groups in total. The summed E-state index contributed by atoms with van der Waals surface area (Å²) in [6.45, 7) is 0. The quantitative estimate of drug-likeness (QED) is 0.199. The van der Waals surface area contributed by atoms with Crippen LogP contribution < -0.4 is 14.2 Å². The molecule has 154 valence electrons. The third-order valence-electron chi connectivity index (χ3n) is 4.54. The minimum atomic E-state index is -0.587. The average molecular weight is 417 g/mol. The van der Waals surface area contributed by atoms with Crippen molar-refractivity contribution >= 4 is 23.5 Å². The molecule has 1 aliphatic heterocycles. The zero-order valence-corrected chi connectivity index (χ0v) is 16.2. The van der Waals surface area contributed by atoms with Crippen LogP contribution in [-0.2, 0) is 0 Å². The molecule has 0 fully saturated rings. The van der Waals surface area contributed by atoms with Crippen molar-refractivity contribution in [2.24, 2.45) is 0 Å². The summed E-state index contributed by atoms with van der Waals surface area (Å²) in [6.07, 6.45) is 1.43. The monoisotopic (exact) mass is 417 g/mol. The summed E-state index contributed by atoms with van der Waals surface area (Å²) < 4.78 is 16.1. The van der Waals surface area contributed by atoms with Crippen LogP contribution in [0.1, 0.15) is 26.3 Å². The van der Waals surface area contributed by atoms with E-state index in [2.05, 4.69) is 0 Å². The normalized spacial score (nSPS) is 13.5. The van der Waals surface area contributed by atoms with E-state index in [1.54, 1.807) is 30.3 Å². The first-order chi connectivity index (χ1) is 14.9. The third kappa shape index (κ3) is 4.13. The Morgan fingerprint density at radius 1 is 1.03 bits per heavy atom. The number of methoxy groups -OCH3 is 1. The molecule has 8 nitrogen and oxygen atoms in total. The maximum absolute atomic E-state index is 12.6. The van der Waals surface area contributed by atoms with Gasteiger partial charge in [-0.25, -0.2) is 4.79 Å². The van der Waals surface area contributed by atoms with Crippen LogP contribution in [0.15, 0.2) is 72.5 Å². The second-order valence-corrected chi connectivity index (χ2v) is 6.57. The topological polar surface area (TPSA) is 105 Å². The number of esters is 1. The van der Waals surface area contributed by atoms with Crippen LogP contribution in [0.2, 0.25) is 0 Å². The molecule has 3 aromatic carbocycles. The van der Waals surface area contributed by atoms with Crippen LogP contribution in [-0.4, -0.2) is 23.8 Å². The Bertz CT molecular complexity index is 1250. The largest absolute Gasteiger partial charge is 0.497 e. The number of hydrogen-bond donors (Lipinski definition) is 0. The number of allylic oxidation sites excluding steroid dienone is 1. The first-order valence-corrected chi connectivity index (χ1v) is 9.13. The minimum Gasteiger partial charge on any atom is -0.497 e. The number of nitrogens with zero attached hydrogens (tertiary/aromatic N) is 1. The number of hydrogen-bond acceptors (Lipinski definition) is 7. The lowest BCUT2D eigenvalue weighted by atomic mass is 10.1. The number of Topliss-reactive ketones (excluding diaryl/α,β-unsaturated/α-hetero) is 1. The maximum Gasteiger partial charge on any atom is 0.343 e. The van der Waals surface area contributed by atoms with Gasteiger partial charge in [-0.2, -0.15) is 0 Å². The fourth-order valence-corrected chi connectivity index (χ4v) is 3.03. The third-order valence-corrected chi connectivity index (χ3v) is 4.54. The lowest BCUT2D eigenvalue weighted by molar-refractivity contribution is -0.384. The Kier molecular flexibility index (Phi) is 5.19. The molecule has 1 aliphatic rings. The van der Waals surface area contributed by atoms with Gasteiger partial charge in [0.15, 0.2) is 5.76 Å². The van der Waals surface area contributed by atoms with Crippen LogP contribution in [0.25, 0.3) is 6.08 Å². The number of benzene rings is 3. The molecule has 0 amide bonds. The first-order valence-electron chi connectivity index (χ1n) is 9.13. The molecule has 0 saturated carbocycles. The highest BCUT2D eigenvalue weighted by atomic mass is 16.6. The molecule has 0 radical (unpaired) electrons. The smallest absolute Gasteiger partial charge is 0.343 e. The molecule has 31 heavy (non-hydrogen) atoms. The number of rotatable bonds is 5. The molecule has 0 spiro atoms. The second kappa shape index (κ2) is 8.11. The molecular formula is C23H15NO7. The lowest BCUT2D eigenvalue weighted by Gasteiger charge is -2.07. The van der Waals surface area contributed by atoms with E-state index in [1.807, 2.05) is 0 Å². The van der Waals surface area contributed by atoms with Gasteiger partial charge in [0.25, 0.3) is 5.69 Å². The molecule has 3 aromatic rings. The number of carbonyl (C=O) groups is 2. The van der Waals surface area contributed by atoms with Crippen LogP contribution in [0.3, 0.4) is 0 Å². The Labute approximate surface area is 176 Å². The van der Waals surface area contributed by atoms with Crippen LogP contribution >= 0.6 is 0 Å². The summed E-state index contributed by atoms with van der Waals surface area (Å²) in [6, 6.07) is 16.8. The van der Waals surface area contributed by atoms with Gasteiger partial charge >= 0.3 is 5.97 Å². The lowest BCUT2D eigenvalue weighted by Crippen LogP contribution is -2.08. The molecular weight excluding hydrogens is 402 g/mol. The molecule has 0 aliphatic carbocycles. The SMILES string of the molecule is COc1cccc(C(=O)Oc2ccc3c(c2)OC(=Cc2cccc([N+](=O)[O-])c2)C3=O)c1. The summed E-state index contributed by atoms with van der Waals surface area (Å²) in [5.41, 5.74) is 0.972. The number of nitro benzene ring substituents is 1. The van der Waals surface area contributed by atoms with Crippen molar-refractivity contribution in [2.75, 3.05) is 7.11 Å². The first kappa shape index (κ1) is 19.8. The zero-order chi connectivity index (χ0) is 22.0. The van der Waals surface area contributed by atoms with Gasteiger partial charge in [0.1, 0.15) is 17.2 Å². The van der Waals surface area contributed by atoms with Crippen molar-refractivity contribution in [3.63, 3.8) is 0 Å². The van der Waals surface area contributed by atoms with Crippen molar-refractivity contribution in [2.45, 2.75) is 0 Å². The Morgan fingerprint density at radius 2 is 1.84 bits per heavy atom. The van der Waals surface area contributed by atoms with Crippen LogP contribution in [0.4, 0.5) is 5.69 Å². The highest BCUT2D eigenvalue weighted by Gasteiger charge is 2.28. The number of non-ortho nitro benzene ring substituents is 1. The van der Waals surface area contributed by atoms with Crippen LogP contribution in [0.5, 0.6) is 17.2 Å². The maximum atomic E-state index is 12.6. The Hall–Kier alpha value is -4.46. The fraction of sp³-hybridized carbons (Fsp3) is 0.0435. The average Bonchev–Trinajstić information content (AvgIpc) is 3.08. The van der Waals surface area contributed by atoms with Gasteiger partial charge in [-0.05, 0) is 42.0 Å². The van der Waals surface area contributed by atoms with E-state index in [4.69, 9.17) is 14.2 Å². The predicted octanol–water partition coefficient (Wildman–Crippen LogP) is 4.44. The fourth-order valence-electron chi connectivity index (χ4n) is 3.03. The molecule has 0 atom stereocenters. The number of fused-ring (bicyclic) bond motifs is 1. The van der Waals surface area contributed by atoms with E-state index in [0.717, 1.165) is 0 Å². The van der Waals surface area contributed by atoms with Gasteiger partial charge in [0, 0.05) is 18.2 Å². The zero-order valence-electron chi connectivity index (χ0n) is 16.2. The highest BCUT2D eigenvalue weighted by Crippen LogP contribution is 2.35. The van der Waals surface area contributed by atoms with Gasteiger partial charge in [0.05, 0.1) is 23.2 Å². The molecule has 8 heteroatoms. The van der Waals surface area contributed by atoms with E-state index in [0.29, 0.717) is 22.4 Å². The molecule has 0 aromatic heterocycles. The van der Waals surface area contributed by atoms with Crippen molar-refractivity contribution in [1.82, 2.24) is 0 Å². The van der Waals surface area contributed by atoms with Crippen molar-refractivity contribution in [3.05, 3.63) is 99.3 Å². The summed E-state index contributed by atoms with van der Waals surface area (Å²) in [5, 5.41) is 10.9. The summed E-state index contributed by atoms with van der Waals surface area (Å²) in [7, 11) is 1.50. The van der Waals surface area contributed by atoms with Crippen molar-refractivity contribution < 1.29 is 28.7 Å². The molecule has 4 rings (SSSR count). The molecule has 0 saturated heterocycles. The summed E-state index contributed by atoms with van der Waals surface area (Å²) in [4.78, 5) is 35.4. The van der Waals surface area contributed by atoms with Gasteiger partial charge < -0.3 is 14.2 Å². The Morgan fingerprint density at radius 3 is 2.61 bits per heavy atom. The predicted molar refractivity (Wildman–Crippen MR) is 110 cm³/mol. The number of carbonyl (C=O) groups excluding carboxylic acids is 2. The Balaban J connectivity index is 1.55. The van der Waals surface area contributed by atoms with E-state index in [1.165, 1.54) is 49.6 Å². The number of ketones is 1. The van der Waals surface area contributed by atoms with E-state index >= 15 is 0 Å². The standard InChI is InChI=1S/C23H15NO7/c1-29-17-7-3-5-15(12-17)23(26)30-18-8-9-19-20(13-18)31-21(22(19)25)11-14-4-2-6-16(10-14)24(27)28/h2-13H,1H3. The van der Waals surface area contributed by atoms with Gasteiger partial charge in [-0.3, -0.25) is 14.9 Å². The van der Waals surface area contributed by atoms with Gasteiger partial charge in [-0.15, -0.1) is 0 Å². The molecule has 1 heterocycles. The summed E-state index contributed by atoms with van der Waals surface area (Å²) >= 11 is 0. The van der Waals surface area contributed by atoms with E-state index in [9.17, 15) is 19.7 Å². The van der Waals surface area contributed by atoms with Gasteiger partial charge in [0.2, 0.25) is 5.78 Å². The molecule has 0 bridgehead atoms. The van der Waals surface area contributed by atoms with Crippen molar-refractivity contribution in [3.8, 4) is 17.2 Å². The van der Waals surface area contributed by atoms with Gasteiger partial charge in [-0.1, -0.05) is 18.2 Å². The molecule has 0 unspecified atom stereocenters. The van der Waals surface area contributed by atoms with E-state index in [-0.39, 0.29) is 28.7 Å². The van der Waals surface area contributed by atoms with Crippen molar-refractivity contribution in [1.29, 1.82) is 0 Å².